The smallest absolute Gasteiger partial charge is 0.115 e. The molecular formula is C19H21ClO6. The lowest BCUT2D eigenvalue weighted by atomic mass is 9.90. The summed E-state index contributed by atoms with van der Waals surface area (Å²) in [5.41, 5.74) is 2.31. The van der Waals surface area contributed by atoms with Crippen LogP contribution in [0.2, 0.25) is 5.02 Å². The van der Waals surface area contributed by atoms with Gasteiger partial charge in [0.2, 0.25) is 0 Å². The van der Waals surface area contributed by atoms with Crippen molar-refractivity contribution in [3.8, 4) is 5.75 Å². The highest BCUT2D eigenvalue weighted by molar-refractivity contribution is 6.31. The van der Waals surface area contributed by atoms with Crippen LogP contribution in [0.25, 0.3) is 0 Å². The molecule has 0 aliphatic carbocycles. The van der Waals surface area contributed by atoms with Crippen LogP contribution in [0.4, 0.5) is 0 Å². The molecule has 2 aromatic carbocycles. The number of hydrogen-bond acceptors (Lipinski definition) is 6. The molecule has 0 amide bonds. The molecule has 0 spiro atoms. The zero-order chi connectivity index (χ0) is 18.8. The Balaban J connectivity index is 1.87. The molecule has 5 N–H and O–H groups in total. The Labute approximate surface area is 155 Å². The van der Waals surface area contributed by atoms with Crippen LogP contribution in [0.3, 0.4) is 0 Å². The lowest BCUT2D eigenvalue weighted by Gasteiger charge is -2.40. The van der Waals surface area contributed by atoms with Crippen molar-refractivity contribution >= 4 is 11.6 Å². The van der Waals surface area contributed by atoms with Gasteiger partial charge in [-0.3, -0.25) is 0 Å². The van der Waals surface area contributed by atoms with Crippen LogP contribution in [0.1, 0.15) is 22.8 Å². The standard InChI is InChI=1S/C19H21ClO6/c20-14-6-3-11(8-12(14)7-10-1-4-13(22)5-2-10)19-18(25)17(24)16(23)15(9-21)26-19/h1-6,8,15-19,21-25H,7,9H2/t15-,16-,17-,18-,19+/m1/s1. The van der Waals surface area contributed by atoms with E-state index in [4.69, 9.17) is 16.3 Å². The summed E-state index contributed by atoms with van der Waals surface area (Å²) in [6.07, 6.45) is -5.52. The lowest BCUT2D eigenvalue weighted by molar-refractivity contribution is -0.231. The molecule has 7 heteroatoms. The largest absolute Gasteiger partial charge is 0.508 e. The van der Waals surface area contributed by atoms with Crippen LogP contribution in [-0.2, 0) is 11.2 Å². The molecule has 5 atom stereocenters. The molecule has 26 heavy (non-hydrogen) atoms. The second-order valence-electron chi connectivity index (χ2n) is 6.44. The fourth-order valence-electron chi connectivity index (χ4n) is 3.12. The minimum absolute atomic E-state index is 0.176. The first kappa shape index (κ1) is 19.1. The van der Waals surface area contributed by atoms with E-state index >= 15 is 0 Å². The molecule has 0 aromatic heterocycles. The van der Waals surface area contributed by atoms with Gasteiger partial charge >= 0.3 is 0 Å². The number of benzene rings is 2. The molecule has 0 unspecified atom stereocenters. The summed E-state index contributed by atoms with van der Waals surface area (Å²) >= 11 is 6.28. The number of aliphatic hydroxyl groups excluding tert-OH is 4. The Morgan fingerprint density at radius 1 is 0.923 bits per heavy atom. The number of aliphatic hydroxyl groups is 4. The molecule has 1 saturated heterocycles. The first-order chi connectivity index (χ1) is 12.4. The highest BCUT2D eigenvalue weighted by Crippen LogP contribution is 2.34. The summed E-state index contributed by atoms with van der Waals surface area (Å²) in [5, 5.41) is 49.4. The van der Waals surface area contributed by atoms with Crippen LogP contribution in [0.5, 0.6) is 5.75 Å². The van der Waals surface area contributed by atoms with Crippen molar-refractivity contribution < 1.29 is 30.3 Å². The average molecular weight is 381 g/mol. The molecule has 140 valence electrons. The molecule has 1 aliphatic rings. The highest BCUT2D eigenvalue weighted by Gasteiger charge is 2.43. The van der Waals surface area contributed by atoms with Gasteiger partial charge in [-0.25, -0.2) is 0 Å². The molecular weight excluding hydrogens is 360 g/mol. The first-order valence-electron chi connectivity index (χ1n) is 8.27. The Kier molecular flexibility index (Phi) is 5.82. The Morgan fingerprint density at radius 3 is 2.27 bits per heavy atom. The molecule has 0 saturated carbocycles. The number of aromatic hydroxyl groups is 1. The number of rotatable bonds is 4. The topological polar surface area (TPSA) is 110 Å². The van der Waals surface area contributed by atoms with Crippen molar-refractivity contribution in [3.63, 3.8) is 0 Å². The van der Waals surface area contributed by atoms with E-state index in [1.807, 2.05) is 0 Å². The summed E-state index contributed by atoms with van der Waals surface area (Å²) in [5.74, 6) is 0.176. The summed E-state index contributed by atoms with van der Waals surface area (Å²) in [6.45, 7) is -0.477. The van der Waals surface area contributed by atoms with E-state index < -0.39 is 37.1 Å². The summed E-state index contributed by atoms with van der Waals surface area (Å²) in [7, 11) is 0. The van der Waals surface area contributed by atoms with Gasteiger partial charge in [-0.1, -0.05) is 35.9 Å². The van der Waals surface area contributed by atoms with Crippen molar-refractivity contribution in [2.75, 3.05) is 6.61 Å². The van der Waals surface area contributed by atoms with Gasteiger partial charge in [0, 0.05) is 5.02 Å². The van der Waals surface area contributed by atoms with Crippen molar-refractivity contribution in [1.29, 1.82) is 0 Å². The zero-order valence-corrected chi connectivity index (χ0v) is 14.6. The number of phenolic OH excluding ortho intramolecular Hbond substituents is 1. The van der Waals surface area contributed by atoms with Gasteiger partial charge in [0.25, 0.3) is 0 Å². The molecule has 2 aromatic rings. The maximum Gasteiger partial charge on any atom is 0.115 e. The van der Waals surface area contributed by atoms with Gasteiger partial charge in [-0.05, 0) is 41.3 Å². The van der Waals surface area contributed by atoms with E-state index in [0.29, 0.717) is 17.0 Å². The van der Waals surface area contributed by atoms with Crippen LogP contribution in [-0.4, -0.2) is 56.6 Å². The van der Waals surface area contributed by atoms with E-state index in [1.165, 1.54) is 0 Å². The SMILES string of the molecule is OC[C@H]1O[C@@H](c2ccc(Cl)c(Cc3ccc(O)cc3)c2)[C@H](O)[C@H](O)[C@@H]1O. The van der Waals surface area contributed by atoms with Crippen LogP contribution in [0, 0.1) is 0 Å². The Bertz CT molecular complexity index is 748. The maximum absolute atomic E-state index is 10.3. The van der Waals surface area contributed by atoms with Crippen molar-refractivity contribution in [2.45, 2.75) is 36.9 Å². The minimum atomic E-state index is -1.43. The third-order valence-electron chi connectivity index (χ3n) is 4.62. The molecule has 1 fully saturated rings. The molecule has 3 rings (SSSR count). The summed E-state index contributed by atoms with van der Waals surface area (Å²) in [6, 6.07) is 11.9. The molecule has 6 nitrogen and oxygen atoms in total. The fourth-order valence-corrected chi connectivity index (χ4v) is 3.30. The molecule has 0 bridgehead atoms. The Morgan fingerprint density at radius 2 is 1.62 bits per heavy atom. The number of phenols is 1. The van der Waals surface area contributed by atoms with Gasteiger partial charge in [0.15, 0.2) is 0 Å². The summed E-state index contributed by atoms with van der Waals surface area (Å²) < 4.78 is 5.59. The van der Waals surface area contributed by atoms with E-state index in [1.54, 1.807) is 42.5 Å². The molecule has 0 radical (unpaired) electrons. The van der Waals surface area contributed by atoms with Gasteiger partial charge in [0.05, 0.1) is 6.61 Å². The second-order valence-corrected chi connectivity index (χ2v) is 6.85. The maximum atomic E-state index is 10.3. The van der Waals surface area contributed by atoms with Gasteiger partial charge in [0.1, 0.15) is 36.3 Å². The number of halogens is 1. The van der Waals surface area contributed by atoms with Gasteiger partial charge in [-0.2, -0.15) is 0 Å². The normalized spacial score (nSPS) is 28.9. The number of hydrogen-bond donors (Lipinski definition) is 5. The predicted molar refractivity (Wildman–Crippen MR) is 95.1 cm³/mol. The third-order valence-corrected chi connectivity index (χ3v) is 4.99. The fraction of sp³-hybridized carbons (Fsp3) is 0.368. The molecule has 1 aliphatic heterocycles. The quantitative estimate of drug-likeness (QED) is 0.544. The van der Waals surface area contributed by atoms with Crippen LogP contribution >= 0.6 is 11.6 Å². The van der Waals surface area contributed by atoms with E-state index in [0.717, 1.165) is 11.1 Å². The van der Waals surface area contributed by atoms with Gasteiger partial charge in [-0.15, -0.1) is 0 Å². The first-order valence-corrected chi connectivity index (χ1v) is 8.65. The minimum Gasteiger partial charge on any atom is -0.508 e. The number of ether oxygens (including phenoxy) is 1. The van der Waals surface area contributed by atoms with E-state index in [2.05, 4.69) is 0 Å². The van der Waals surface area contributed by atoms with E-state index in [9.17, 15) is 25.5 Å². The monoisotopic (exact) mass is 380 g/mol. The average Bonchev–Trinajstić information content (AvgIpc) is 2.64. The third kappa shape index (κ3) is 3.86. The van der Waals surface area contributed by atoms with Gasteiger partial charge < -0.3 is 30.3 Å². The van der Waals surface area contributed by atoms with Crippen molar-refractivity contribution in [3.05, 3.63) is 64.2 Å². The lowest BCUT2D eigenvalue weighted by Crippen LogP contribution is -2.55. The predicted octanol–water partition coefficient (Wildman–Crippen LogP) is 1.15. The van der Waals surface area contributed by atoms with Crippen LogP contribution < -0.4 is 0 Å². The van der Waals surface area contributed by atoms with Crippen LogP contribution in [0.15, 0.2) is 42.5 Å². The van der Waals surface area contributed by atoms with E-state index in [-0.39, 0.29) is 5.75 Å². The van der Waals surface area contributed by atoms with Crippen molar-refractivity contribution in [2.24, 2.45) is 0 Å². The molecule has 1 heterocycles. The summed E-state index contributed by atoms with van der Waals surface area (Å²) in [4.78, 5) is 0. The van der Waals surface area contributed by atoms with Crippen molar-refractivity contribution in [1.82, 2.24) is 0 Å². The Hall–Kier alpha value is -1.67. The zero-order valence-electron chi connectivity index (χ0n) is 13.9. The highest BCUT2D eigenvalue weighted by atomic mass is 35.5. The second kappa shape index (κ2) is 7.92.